The number of piperidine rings is 1. The van der Waals surface area contributed by atoms with Crippen molar-refractivity contribution in [2.24, 2.45) is 5.92 Å². The summed E-state index contributed by atoms with van der Waals surface area (Å²) in [5, 5.41) is 10.2. The molecule has 0 bridgehead atoms. The van der Waals surface area contributed by atoms with Gasteiger partial charge in [0.1, 0.15) is 5.58 Å². The van der Waals surface area contributed by atoms with Gasteiger partial charge in [-0.2, -0.15) is 13.2 Å². The molecule has 0 saturated carbocycles. The number of halogens is 3. The number of amides is 1. The van der Waals surface area contributed by atoms with Crippen molar-refractivity contribution in [1.82, 2.24) is 4.90 Å². The van der Waals surface area contributed by atoms with Crippen LogP contribution in [0.1, 0.15) is 29.0 Å². The Balaban J connectivity index is 1.72. The van der Waals surface area contributed by atoms with Gasteiger partial charge in [0.2, 0.25) is 0 Å². The second-order valence-electron chi connectivity index (χ2n) is 6.17. The lowest BCUT2D eigenvalue weighted by Gasteiger charge is -2.34. The molecule has 0 aliphatic carbocycles. The van der Waals surface area contributed by atoms with Crippen molar-refractivity contribution in [2.75, 3.05) is 13.1 Å². The van der Waals surface area contributed by atoms with Crippen LogP contribution in [0.3, 0.4) is 0 Å². The van der Waals surface area contributed by atoms with Gasteiger partial charge in [-0.3, -0.25) is 4.79 Å². The normalized spacial score (nSPS) is 18.1. The van der Waals surface area contributed by atoms with Crippen molar-refractivity contribution in [3.05, 3.63) is 35.6 Å². The minimum Gasteiger partial charge on any atom is -0.451 e. The molecule has 1 atom stereocenters. The molecule has 1 unspecified atom stereocenters. The number of alkyl halides is 3. The second-order valence-corrected chi connectivity index (χ2v) is 6.17. The lowest BCUT2D eigenvalue weighted by atomic mass is 9.90. The summed E-state index contributed by atoms with van der Waals surface area (Å²) in [6, 6.07) is 7.29. The Labute approximate surface area is 136 Å². The second kappa shape index (κ2) is 6.12. The van der Waals surface area contributed by atoms with E-state index < -0.39 is 18.2 Å². The molecule has 1 N–H and O–H groups in total. The van der Waals surface area contributed by atoms with Gasteiger partial charge in [-0.15, -0.1) is 0 Å². The highest BCUT2D eigenvalue weighted by molar-refractivity contribution is 5.98. The average molecular weight is 341 g/mol. The van der Waals surface area contributed by atoms with Crippen LogP contribution in [0.2, 0.25) is 0 Å². The number of aliphatic hydroxyl groups is 1. The van der Waals surface area contributed by atoms with Gasteiger partial charge in [-0.1, -0.05) is 18.2 Å². The van der Waals surface area contributed by atoms with E-state index in [0.717, 1.165) is 10.9 Å². The van der Waals surface area contributed by atoms with Crippen molar-refractivity contribution < 1.29 is 27.5 Å². The number of aliphatic hydroxyl groups excluding tert-OH is 1. The third kappa shape index (κ3) is 3.00. The zero-order valence-corrected chi connectivity index (χ0v) is 13.1. The number of furan rings is 1. The van der Waals surface area contributed by atoms with Gasteiger partial charge in [0, 0.05) is 24.0 Å². The van der Waals surface area contributed by atoms with Gasteiger partial charge >= 0.3 is 6.18 Å². The fraction of sp³-hybridized carbons (Fsp3) is 0.471. The molecular weight excluding hydrogens is 323 g/mol. The number of fused-ring (bicyclic) bond motifs is 1. The summed E-state index contributed by atoms with van der Waals surface area (Å²) in [5.74, 6) is -0.958. The van der Waals surface area contributed by atoms with Crippen molar-refractivity contribution in [2.45, 2.75) is 32.0 Å². The molecule has 0 radical (unpaired) electrons. The van der Waals surface area contributed by atoms with Gasteiger partial charge in [0.15, 0.2) is 11.9 Å². The number of carbonyl (C=O) groups is 1. The molecule has 1 amide bonds. The molecule has 4 nitrogen and oxygen atoms in total. The van der Waals surface area contributed by atoms with E-state index in [1.807, 2.05) is 18.2 Å². The Morgan fingerprint density at radius 2 is 1.92 bits per heavy atom. The first-order valence-corrected chi connectivity index (χ1v) is 7.81. The largest absolute Gasteiger partial charge is 0.451 e. The fourth-order valence-electron chi connectivity index (χ4n) is 3.21. The van der Waals surface area contributed by atoms with E-state index in [1.165, 1.54) is 4.90 Å². The maximum Gasteiger partial charge on any atom is 0.414 e. The Morgan fingerprint density at radius 1 is 1.29 bits per heavy atom. The minimum absolute atomic E-state index is 0.117. The Bertz CT molecular complexity index is 745. The number of likely N-dealkylation sites (tertiary alicyclic amines) is 1. The molecule has 2 aromatic rings. The van der Waals surface area contributed by atoms with E-state index in [2.05, 4.69) is 0 Å². The zero-order chi connectivity index (χ0) is 17.5. The number of nitrogens with zero attached hydrogens (tertiary/aromatic N) is 1. The van der Waals surface area contributed by atoms with Crippen LogP contribution in [0, 0.1) is 12.8 Å². The minimum atomic E-state index is -4.62. The monoisotopic (exact) mass is 341 g/mol. The van der Waals surface area contributed by atoms with E-state index in [9.17, 15) is 23.1 Å². The van der Waals surface area contributed by atoms with Gasteiger partial charge in [-0.05, 0) is 31.7 Å². The number of hydrogen-bond acceptors (Lipinski definition) is 3. The molecule has 0 spiro atoms. The number of para-hydroxylation sites is 1. The van der Waals surface area contributed by atoms with Crippen molar-refractivity contribution in [3.63, 3.8) is 0 Å². The van der Waals surface area contributed by atoms with E-state index >= 15 is 0 Å². The number of aryl methyl sites for hydroxylation is 1. The van der Waals surface area contributed by atoms with Crippen LogP contribution in [0.15, 0.2) is 28.7 Å². The van der Waals surface area contributed by atoms with Crippen LogP contribution < -0.4 is 0 Å². The quantitative estimate of drug-likeness (QED) is 0.909. The Kier molecular flexibility index (Phi) is 4.29. The van der Waals surface area contributed by atoms with E-state index in [-0.39, 0.29) is 37.6 Å². The summed E-state index contributed by atoms with van der Waals surface area (Å²) < 4.78 is 43.4. The first kappa shape index (κ1) is 16.8. The first-order chi connectivity index (χ1) is 11.3. The van der Waals surface area contributed by atoms with Crippen LogP contribution in [-0.2, 0) is 0 Å². The Morgan fingerprint density at radius 3 is 2.50 bits per heavy atom. The molecule has 24 heavy (non-hydrogen) atoms. The SMILES string of the molecule is Cc1c(C(=O)N2CCC(C(O)C(F)(F)F)CC2)oc2ccccc12. The van der Waals surface area contributed by atoms with Crippen LogP contribution in [0.25, 0.3) is 11.0 Å². The summed E-state index contributed by atoms with van der Waals surface area (Å²) in [6.07, 6.45) is -6.72. The van der Waals surface area contributed by atoms with Crippen molar-refractivity contribution >= 4 is 16.9 Å². The predicted octanol–water partition coefficient (Wildman–Crippen LogP) is 3.52. The van der Waals surface area contributed by atoms with Crippen LogP contribution in [0.5, 0.6) is 0 Å². The summed E-state index contributed by atoms with van der Waals surface area (Å²) in [6.45, 7) is 2.14. The molecule has 1 fully saturated rings. The number of hydrogen-bond donors (Lipinski definition) is 1. The maximum atomic E-state index is 12.6. The van der Waals surface area contributed by atoms with E-state index in [4.69, 9.17) is 4.42 Å². The van der Waals surface area contributed by atoms with Gasteiger partial charge in [-0.25, -0.2) is 0 Å². The maximum absolute atomic E-state index is 12.6. The van der Waals surface area contributed by atoms with E-state index in [0.29, 0.717) is 5.58 Å². The lowest BCUT2D eigenvalue weighted by molar-refractivity contribution is -0.222. The Hall–Kier alpha value is -2.02. The zero-order valence-electron chi connectivity index (χ0n) is 13.1. The summed E-state index contributed by atoms with van der Waals surface area (Å²) >= 11 is 0. The van der Waals surface area contributed by atoms with Gasteiger partial charge in [0.25, 0.3) is 5.91 Å². The number of rotatable bonds is 2. The molecule has 7 heteroatoms. The van der Waals surface area contributed by atoms with Crippen LogP contribution in [-0.4, -0.2) is 41.3 Å². The third-order valence-electron chi connectivity index (χ3n) is 4.65. The fourth-order valence-corrected chi connectivity index (χ4v) is 3.21. The summed E-state index contributed by atoms with van der Waals surface area (Å²) in [4.78, 5) is 14.1. The predicted molar refractivity (Wildman–Crippen MR) is 81.6 cm³/mol. The smallest absolute Gasteiger partial charge is 0.414 e. The van der Waals surface area contributed by atoms with Crippen LogP contribution in [0.4, 0.5) is 13.2 Å². The molecule has 1 aromatic heterocycles. The van der Waals surface area contributed by atoms with Crippen molar-refractivity contribution in [1.29, 1.82) is 0 Å². The highest BCUT2D eigenvalue weighted by Crippen LogP contribution is 2.33. The standard InChI is InChI=1S/C17H18F3NO3/c1-10-12-4-2-3-5-13(12)24-14(10)16(23)21-8-6-11(7-9-21)15(22)17(18,19)20/h2-5,11,15,22H,6-9H2,1H3. The summed E-state index contributed by atoms with van der Waals surface area (Å²) in [7, 11) is 0. The van der Waals surface area contributed by atoms with E-state index in [1.54, 1.807) is 13.0 Å². The molecule has 1 aliphatic rings. The number of benzene rings is 1. The van der Waals surface area contributed by atoms with Gasteiger partial charge < -0.3 is 14.4 Å². The molecule has 2 heterocycles. The number of carbonyl (C=O) groups excluding carboxylic acids is 1. The van der Waals surface area contributed by atoms with Crippen LogP contribution >= 0.6 is 0 Å². The molecule has 130 valence electrons. The van der Waals surface area contributed by atoms with Gasteiger partial charge in [0.05, 0.1) is 0 Å². The average Bonchev–Trinajstić information content (AvgIpc) is 2.90. The highest BCUT2D eigenvalue weighted by atomic mass is 19.4. The molecule has 1 saturated heterocycles. The first-order valence-electron chi connectivity index (χ1n) is 7.81. The molecular formula is C17H18F3NO3. The molecule has 3 rings (SSSR count). The van der Waals surface area contributed by atoms with Crippen molar-refractivity contribution in [3.8, 4) is 0 Å². The third-order valence-corrected chi connectivity index (χ3v) is 4.65. The summed E-state index contributed by atoms with van der Waals surface area (Å²) in [5.41, 5.74) is 1.34. The topological polar surface area (TPSA) is 53.7 Å². The molecule has 1 aliphatic heterocycles. The highest BCUT2D eigenvalue weighted by Gasteiger charge is 2.44. The lowest BCUT2D eigenvalue weighted by Crippen LogP contribution is -2.45. The molecule has 1 aromatic carbocycles.